The lowest BCUT2D eigenvalue weighted by Crippen LogP contribution is -2.55. The Morgan fingerprint density at radius 3 is 2.03 bits per heavy atom. The average Bonchev–Trinajstić information content (AvgIpc) is 2.88. The van der Waals surface area contributed by atoms with Crippen LogP contribution < -0.4 is 10.5 Å². The number of hydrogen-bond acceptors (Lipinski definition) is 4. The lowest BCUT2D eigenvalue weighted by Gasteiger charge is -2.34. The van der Waals surface area contributed by atoms with Gasteiger partial charge in [-0.05, 0) is 59.0 Å². The zero-order chi connectivity index (χ0) is 24.7. The number of allylic oxidation sites excluding steroid dienone is 1. The number of aromatic hydroxyl groups is 1. The van der Waals surface area contributed by atoms with Crippen LogP contribution in [0.25, 0.3) is 11.1 Å². The maximum atomic E-state index is 9.91. The fourth-order valence-corrected chi connectivity index (χ4v) is 7.75. The van der Waals surface area contributed by atoms with E-state index in [0.29, 0.717) is 6.42 Å². The van der Waals surface area contributed by atoms with Gasteiger partial charge in [0.2, 0.25) is 0 Å². The first kappa shape index (κ1) is 25.4. The number of nitrogens with one attached hydrogen (secondary N) is 1. The molecule has 184 valence electrons. The van der Waals surface area contributed by atoms with E-state index in [0.717, 1.165) is 43.7 Å². The summed E-state index contributed by atoms with van der Waals surface area (Å²) in [6.07, 6.45) is 2.66. The van der Waals surface area contributed by atoms with Crippen molar-refractivity contribution < 1.29 is 10.2 Å². The Morgan fingerprint density at radius 2 is 1.43 bits per heavy atom. The summed E-state index contributed by atoms with van der Waals surface area (Å²) in [5.74, 6) is 0.265. The minimum atomic E-state index is -1.61. The van der Waals surface area contributed by atoms with Crippen LogP contribution in [0.1, 0.15) is 29.5 Å². The van der Waals surface area contributed by atoms with Gasteiger partial charge in [-0.2, -0.15) is 0 Å². The van der Waals surface area contributed by atoms with E-state index < -0.39 is 8.07 Å². The number of aliphatic hydroxyl groups is 1. The highest BCUT2D eigenvalue weighted by Gasteiger charge is 2.27. The fourth-order valence-electron chi connectivity index (χ4n) is 5.06. The molecule has 0 bridgehead atoms. The summed E-state index contributed by atoms with van der Waals surface area (Å²) in [6, 6.07) is 27.1. The molecular weight excluding hydrogens is 448 g/mol. The van der Waals surface area contributed by atoms with E-state index in [2.05, 4.69) is 71.8 Å². The summed E-state index contributed by atoms with van der Waals surface area (Å²) >= 11 is 0. The Balaban J connectivity index is 1.74. The van der Waals surface area contributed by atoms with Gasteiger partial charge in [0, 0.05) is 32.8 Å². The highest BCUT2D eigenvalue weighted by Crippen LogP contribution is 2.35. The van der Waals surface area contributed by atoms with Crippen LogP contribution in [0.5, 0.6) is 5.75 Å². The first-order valence-electron chi connectivity index (χ1n) is 12.7. The van der Waals surface area contributed by atoms with E-state index in [4.69, 9.17) is 0 Å². The van der Waals surface area contributed by atoms with Gasteiger partial charge in [0.15, 0.2) is 0 Å². The molecule has 3 aromatic carbocycles. The normalized spacial score (nSPS) is 15.6. The molecule has 3 N–H and O–H groups in total. The van der Waals surface area contributed by atoms with Gasteiger partial charge in [0.25, 0.3) is 0 Å². The van der Waals surface area contributed by atoms with Crippen molar-refractivity contribution in [2.24, 2.45) is 0 Å². The van der Waals surface area contributed by atoms with E-state index in [9.17, 15) is 10.2 Å². The number of aliphatic hydroxyl groups excluding tert-OH is 1. The van der Waals surface area contributed by atoms with Gasteiger partial charge in [-0.15, -0.1) is 0 Å². The Hall–Kier alpha value is -2.70. The lowest BCUT2D eigenvalue weighted by atomic mass is 9.87. The third-order valence-corrected chi connectivity index (χ3v) is 10.1. The third-order valence-electron chi connectivity index (χ3n) is 6.95. The zero-order valence-corrected chi connectivity index (χ0v) is 22.0. The molecule has 1 fully saturated rings. The van der Waals surface area contributed by atoms with Crippen LogP contribution in [0.4, 0.5) is 0 Å². The highest BCUT2D eigenvalue weighted by atomic mass is 28.3. The monoisotopic (exact) mass is 486 g/mol. The van der Waals surface area contributed by atoms with Crippen molar-refractivity contribution in [3.63, 3.8) is 0 Å². The molecular formula is C30H38N2O2Si. The molecule has 1 heterocycles. The second kappa shape index (κ2) is 11.8. The Bertz CT molecular complexity index is 1100. The number of benzene rings is 3. The van der Waals surface area contributed by atoms with Crippen molar-refractivity contribution in [2.45, 2.75) is 25.9 Å². The molecule has 4 nitrogen and oxygen atoms in total. The maximum absolute atomic E-state index is 9.91. The molecule has 35 heavy (non-hydrogen) atoms. The molecule has 0 saturated carbocycles. The smallest absolute Gasteiger partial charge is 0.115 e. The molecule has 0 amide bonds. The van der Waals surface area contributed by atoms with E-state index in [-0.39, 0.29) is 12.4 Å². The Morgan fingerprint density at radius 1 is 0.829 bits per heavy atom. The summed E-state index contributed by atoms with van der Waals surface area (Å²) in [4.78, 5) is 2.61. The number of rotatable bonds is 9. The van der Waals surface area contributed by atoms with Crippen molar-refractivity contribution in [3.05, 3.63) is 95.6 Å². The number of hydrogen-bond donors (Lipinski definition) is 3. The molecule has 3 aromatic rings. The molecule has 0 atom stereocenters. The van der Waals surface area contributed by atoms with Gasteiger partial charge in [0.05, 0.1) is 8.07 Å². The summed E-state index contributed by atoms with van der Waals surface area (Å²) < 4.78 is 0. The van der Waals surface area contributed by atoms with E-state index >= 15 is 0 Å². The molecule has 0 aliphatic carbocycles. The van der Waals surface area contributed by atoms with Gasteiger partial charge in [-0.3, -0.25) is 0 Å². The zero-order valence-electron chi connectivity index (χ0n) is 21.0. The first-order chi connectivity index (χ1) is 17.0. The van der Waals surface area contributed by atoms with Crippen molar-refractivity contribution in [2.75, 3.05) is 39.0 Å². The van der Waals surface area contributed by atoms with Gasteiger partial charge < -0.3 is 20.4 Å². The molecule has 0 radical (unpaired) electrons. The molecule has 5 heteroatoms. The quantitative estimate of drug-likeness (QED) is 0.308. The molecule has 4 rings (SSSR count). The van der Waals surface area contributed by atoms with Crippen LogP contribution >= 0.6 is 0 Å². The van der Waals surface area contributed by atoms with E-state index in [1.54, 1.807) is 12.1 Å². The number of phenols is 1. The summed E-state index contributed by atoms with van der Waals surface area (Å²) in [5, 5.41) is 24.5. The molecule has 0 aromatic heterocycles. The van der Waals surface area contributed by atoms with Gasteiger partial charge in [-0.25, -0.2) is 0 Å². The standard InChI is InChI=1S/C30H38N2O2Si/c1-35(2,23-32-20-18-31-19-21-32)28-16-12-26(13-17-28)30(25-10-14-27(34)15-11-25)29(9-6-22-33)24-7-4-3-5-8-24/h3-5,7-8,10-17,31,33-34H,6,9,18-23H2,1-2H3/b30-29-. The predicted octanol–water partition coefficient (Wildman–Crippen LogP) is 4.48. The summed E-state index contributed by atoms with van der Waals surface area (Å²) in [5.41, 5.74) is 5.79. The minimum Gasteiger partial charge on any atom is -0.508 e. The van der Waals surface area contributed by atoms with Crippen molar-refractivity contribution in [1.29, 1.82) is 0 Å². The van der Waals surface area contributed by atoms with E-state index in [1.807, 2.05) is 18.2 Å². The Kier molecular flexibility index (Phi) is 8.58. The largest absolute Gasteiger partial charge is 0.508 e. The van der Waals surface area contributed by atoms with Crippen molar-refractivity contribution in [1.82, 2.24) is 10.2 Å². The van der Waals surface area contributed by atoms with Gasteiger partial charge in [0.1, 0.15) is 5.75 Å². The topological polar surface area (TPSA) is 55.7 Å². The Labute approximate surface area is 211 Å². The van der Waals surface area contributed by atoms with Crippen LogP contribution in [-0.2, 0) is 0 Å². The molecule has 0 unspecified atom stereocenters. The summed E-state index contributed by atoms with van der Waals surface area (Å²) in [6.45, 7) is 9.53. The highest BCUT2D eigenvalue weighted by molar-refractivity contribution is 6.90. The third kappa shape index (κ3) is 6.50. The van der Waals surface area contributed by atoms with Crippen molar-refractivity contribution >= 4 is 24.4 Å². The van der Waals surface area contributed by atoms with Crippen LogP contribution in [0.15, 0.2) is 78.9 Å². The number of nitrogens with zero attached hydrogens (tertiary/aromatic N) is 1. The second-order valence-electron chi connectivity index (χ2n) is 10.1. The molecule has 0 spiro atoms. The summed E-state index contributed by atoms with van der Waals surface area (Å²) in [7, 11) is -1.61. The average molecular weight is 487 g/mol. The molecule has 1 saturated heterocycles. The predicted molar refractivity (Wildman–Crippen MR) is 150 cm³/mol. The second-order valence-corrected chi connectivity index (χ2v) is 14.7. The fraction of sp³-hybridized carbons (Fsp3) is 0.333. The number of phenolic OH excluding ortho intramolecular Hbond substituents is 1. The van der Waals surface area contributed by atoms with E-state index in [1.165, 1.54) is 28.1 Å². The molecule has 1 aliphatic heterocycles. The van der Waals surface area contributed by atoms with Gasteiger partial charge >= 0.3 is 0 Å². The van der Waals surface area contributed by atoms with Crippen LogP contribution in [0.2, 0.25) is 13.1 Å². The van der Waals surface area contributed by atoms with Crippen LogP contribution in [-0.4, -0.2) is 62.1 Å². The van der Waals surface area contributed by atoms with Crippen LogP contribution in [0, 0.1) is 0 Å². The number of piperazine rings is 1. The molecule has 1 aliphatic rings. The lowest BCUT2D eigenvalue weighted by molar-refractivity contribution is 0.273. The van der Waals surface area contributed by atoms with Gasteiger partial charge in [-0.1, -0.05) is 85.0 Å². The maximum Gasteiger partial charge on any atom is 0.115 e. The first-order valence-corrected chi connectivity index (χ1v) is 15.9. The van der Waals surface area contributed by atoms with Crippen molar-refractivity contribution in [3.8, 4) is 5.75 Å². The minimum absolute atomic E-state index is 0.157. The van der Waals surface area contributed by atoms with Crippen LogP contribution in [0.3, 0.4) is 0 Å². The SMILES string of the molecule is C[Si](C)(CN1CCNCC1)c1ccc(/C(=C(/CCCO)c2ccccc2)c2ccc(O)cc2)cc1.